The van der Waals surface area contributed by atoms with Gasteiger partial charge in [-0.25, -0.2) is 4.79 Å². The highest BCUT2D eigenvalue weighted by molar-refractivity contribution is 8.00. The molecule has 0 amide bonds. The van der Waals surface area contributed by atoms with Crippen molar-refractivity contribution in [3.8, 4) is 5.69 Å². The Bertz CT molecular complexity index is 1090. The fourth-order valence-electron chi connectivity index (χ4n) is 2.67. The third-order valence-corrected chi connectivity index (χ3v) is 4.96. The zero-order valence-corrected chi connectivity index (χ0v) is 16.4. The van der Waals surface area contributed by atoms with Crippen molar-refractivity contribution in [3.63, 3.8) is 0 Å². The zero-order chi connectivity index (χ0) is 20.3. The summed E-state index contributed by atoms with van der Waals surface area (Å²) in [6, 6.07) is 9.03. The van der Waals surface area contributed by atoms with Gasteiger partial charge >= 0.3 is 11.7 Å². The first kappa shape index (κ1) is 19.6. The number of carbonyl (C=O) groups is 1. The van der Waals surface area contributed by atoms with Crippen LogP contribution in [-0.2, 0) is 16.0 Å². The van der Waals surface area contributed by atoms with Crippen LogP contribution in [0.3, 0.4) is 0 Å². The maximum atomic E-state index is 11.8. The Balaban J connectivity index is 2.05. The van der Waals surface area contributed by atoms with Gasteiger partial charge in [-0.2, -0.15) is 0 Å². The van der Waals surface area contributed by atoms with E-state index in [0.717, 1.165) is 11.3 Å². The van der Waals surface area contributed by atoms with Gasteiger partial charge in [-0.1, -0.05) is 23.9 Å². The lowest BCUT2D eigenvalue weighted by atomic mass is 10.2. The zero-order valence-electron chi connectivity index (χ0n) is 15.6. The Labute approximate surface area is 164 Å². The molecular weight excluding hydrogens is 382 g/mol. The van der Waals surface area contributed by atoms with Crippen LogP contribution in [0.5, 0.6) is 0 Å². The fourth-order valence-corrected chi connectivity index (χ4v) is 3.59. The second-order valence-corrected chi connectivity index (χ2v) is 7.45. The first-order valence-electron chi connectivity index (χ1n) is 8.45. The van der Waals surface area contributed by atoms with E-state index >= 15 is 0 Å². The molecule has 3 rings (SSSR count). The summed E-state index contributed by atoms with van der Waals surface area (Å²) in [5, 5.41) is 8.45. The molecule has 0 saturated carbocycles. The molecule has 2 N–H and O–H groups in total. The molecule has 28 heavy (non-hydrogen) atoms. The summed E-state index contributed by atoms with van der Waals surface area (Å²) in [4.78, 5) is 39.7. The van der Waals surface area contributed by atoms with Crippen molar-refractivity contribution in [2.75, 3.05) is 7.11 Å². The number of hydrogen-bond acceptors (Lipinski definition) is 7. The molecule has 0 aliphatic carbocycles. The van der Waals surface area contributed by atoms with Crippen LogP contribution in [0.25, 0.3) is 5.69 Å². The number of aromatic nitrogens is 5. The van der Waals surface area contributed by atoms with Crippen molar-refractivity contribution in [3.05, 3.63) is 68.3 Å². The van der Waals surface area contributed by atoms with Gasteiger partial charge in [0, 0.05) is 23.9 Å². The number of hydrogen-bond donors (Lipinski definition) is 2. The number of thioether (sulfide) groups is 1. The van der Waals surface area contributed by atoms with Crippen LogP contribution < -0.4 is 11.2 Å². The van der Waals surface area contributed by atoms with Gasteiger partial charge in [-0.3, -0.25) is 19.1 Å². The molecule has 9 nitrogen and oxygen atoms in total. The molecule has 0 fully saturated rings. The Kier molecular flexibility index (Phi) is 5.78. The number of rotatable bonds is 6. The highest BCUT2D eigenvalue weighted by Gasteiger charge is 2.22. The molecule has 0 saturated heterocycles. The largest absolute Gasteiger partial charge is 0.468 e. The number of benzene rings is 1. The molecule has 1 atom stereocenters. The average molecular weight is 401 g/mol. The van der Waals surface area contributed by atoms with Crippen molar-refractivity contribution in [1.82, 2.24) is 24.7 Å². The van der Waals surface area contributed by atoms with E-state index in [9.17, 15) is 14.4 Å². The molecular formula is C18H19N5O4S. The second-order valence-electron chi connectivity index (χ2n) is 6.15. The van der Waals surface area contributed by atoms with Gasteiger partial charge in [-0.05, 0) is 31.5 Å². The lowest BCUT2D eigenvalue weighted by Gasteiger charge is -2.13. The molecule has 0 spiro atoms. The van der Waals surface area contributed by atoms with Crippen LogP contribution >= 0.6 is 11.8 Å². The van der Waals surface area contributed by atoms with Crippen molar-refractivity contribution in [2.24, 2.45) is 0 Å². The number of aromatic amines is 2. The summed E-state index contributed by atoms with van der Waals surface area (Å²) in [5.41, 5.74) is 1.19. The number of H-pyrrole nitrogens is 2. The van der Waals surface area contributed by atoms with Gasteiger partial charge in [0.05, 0.1) is 7.11 Å². The van der Waals surface area contributed by atoms with Gasteiger partial charge < -0.3 is 9.72 Å². The van der Waals surface area contributed by atoms with Gasteiger partial charge in [-0.15, -0.1) is 10.2 Å². The molecule has 0 radical (unpaired) electrons. The van der Waals surface area contributed by atoms with Gasteiger partial charge in [0.2, 0.25) is 0 Å². The third-order valence-electron chi connectivity index (χ3n) is 3.94. The number of carbonyl (C=O) groups excluding carboxylic acids is 1. The Morgan fingerprint density at radius 2 is 2.04 bits per heavy atom. The topological polar surface area (TPSA) is 123 Å². The van der Waals surface area contributed by atoms with E-state index in [4.69, 9.17) is 4.74 Å². The SMILES string of the molecule is COC(=O)[C@@H](C)Sc1nnc(Cc2cc(=O)[nH]c(=O)[nH]2)n1-c1cccc(C)c1. The Morgan fingerprint density at radius 1 is 1.25 bits per heavy atom. The molecule has 0 bridgehead atoms. The lowest BCUT2D eigenvalue weighted by molar-refractivity contribution is -0.139. The maximum Gasteiger partial charge on any atom is 0.325 e. The average Bonchev–Trinajstić information content (AvgIpc) is 3.02. The molecule has 0 aliphatic rings. The van der Waals surface area contributed by atoms with E-state index in [2.05, 4.69) is 20.2 Å². The Hall–Kier alpha value is -3.14. The van der Waals surface area contributed by atoms with E-state index in [1.54, 1.807) is 11.5 Å². The predicted octanol–water partition coefficient (Wildman–Crippen LogP) is 1.20. The van der Waals surface area contributed by atoms with Crippen LogP contribution in [0.1, 0.15) is 24.0 Å². The highest BCUT2D eigenvalue weighted by Crippen LogP contribution is 2.27. The summed E-state index contributed by atoms with van der Waals surface area (Å²) < 4.78 is 6.58. The molecule has 2 heterocycles. The number of nitrogens with one attached hydrogen (secondary N) is 2. The number of aryl methyl sites for hydroxylation is 1. The first-order valence-corrected chi connectivity index (χ1v) is 9.33. The van der Waals surface area contributed by atoms with Crippen molar-refractivity contribution >= 4 is 17.7 Å². The Morgan fingerprint density at radius 3 is 2.71 bits per heavy atom. The smallest absolute Gasteiger partial charge is 0.325 e. The maximum absolute atomic E-state index is 11.8. The quantitative estimate of drug-likeness (QED) is 0.470. The number of ether oxygens (including phenoxy) is 1. The van der Waals surface area contributed by atoms with E-state index in [0.29, 0.717) is 16.7 Å². The second kappa shape index (κ2) is 8.26. The van der Waals surface area contributed by atoms with E-state index < -0.39 is 16.5 Å². The summed E-state index contributed by atoms with van der Waals surface area (Å²) in [6.45, 7) is 3.69. The van der Waals surface area contributed by atoms with Crippen molar-refractivity contribution in [2.45, 2.75) is 30.7 Å². The number of nitrogens with zero attached hydrogens (tertiary/aromatic N) is 3. The number of esters is 1. The monoisotopic (exact) mass is 401 g/mol. The van der Waals surface area contributed by atoms with Gasteiger partial charge in [0.15, 0.2) is 5.16 Å². The minimum absolute atomic E-state index is 0.188. The fraction of sp³-hybridized carbons (Fsp3) is 0.278. The van der Waals surface area contributed by atoms with Gasteiger partial charge in [0.1, 0.15) is 11.1 Å². The lowest BCUT2D eigenvalue weighted by Crippen LogP contribution is -2.23. The van der Waals surface area contributed by atoms with Crippen molar-refractivity contribution in [1.29, 1.82) is 0 Å². The van der Waals surface area contributed by atoms with Crippen LogP contribution in [0.15, 0.2) is 45.1 Å². The van der Waals surface area contributed by atoms with Gasteiger partial charge in [0.25, 0.3) is 5.56 Å². The molecule has 0 aliphatic heterocycles. The van der Waals surface area contributed by atoms with E-state index in [1.807, 2.05) is 31.2 Å². The minimum atomic E-state index is -0.585. The molecule has 10 heteroatoms. The minimum Gasteiger partial charge on any atom is -0.468 e. The van der Waals surface area contributed by atoms with E-state index in [-0.39, 0.29) is 12.4 Å². The van der Waals surface area contributed by atoms with Crippen LogP contribution in [0.4, 0.5) is 0 Å². The number of methoxy groups -OCH3 is 1. The normalized spacial score (nSPS) is 12.0. The summed E-state index contributed by atoms with van der Waals surface area (Å²) in [7, 11) is 1.33. The third kappa shape index (κ3) is 4.39. The first-order chi connectivity index (χ1) is 13.4. The van der Waals surface area contributed by atoms with E-state index in [1.165, 1.54) is 24.9 Å². The van der Waals surface area contributed by atoms with Crippen LogP contribution in [0, 0.1) is 6.92 Å². The summed E-state index contributed by atoms with van der Waals surface area (Å²) >= 11 is 1.22. The van der Waals surface area contributed by atoms with Crippen LogP contribution in [0.2, 0.25) is 0 Å². The van der Waals surface area contributed by atoms with Crippen LogP contribution in [-0.4, -0.2) is 43.1 Å². The highest BCUT2D eigenvalue weighted by atomic mass is 32.2. The predicted molar refractivity (Wildman–Crippen MR) is 104 cm³/mol. The molecule has 3 aromatic rings. The summed E-state index contributed by atoms with van der Waals surface area (Å²) in [5.74, 6) is 0.149. The molecule has 1 aromatic carbocycles. The summed E-state index contributed by atoms with van der Waals surface area (Å²) in [6.07, 6.45) is 0.188. The van der Waals surface area contributed by atoms with Crippen molar-refractivity contribution < 1.29 is 9.53 Å². The molecule has 2 aromatic heterocycles. The molecule has 146 valence electrons. The molecule has 0 unspecified atom stereocenters. The standard InChI is InChI=1S/C18H19N5O4S/c1-10-5-4-6-13(7-10)23-14(8-12-9-15(24)20-17(26)19-12)21-22-18(23)28-11(2)16(25)27-3/h4-7,9,11H,8H2,1-3H3,(H2,19,20,24,26)/t11-/m1/s1.